The van der Waals surface area contributed by atoms with Crippen LogP contribution in [0.1, 0.15) is 206 Å². The lowest BCUT2D eigenvalue weighted by Gasteiger charge is -2.18. The standard InChI is InChI=1S/C39H75O8P/c1-3-5-7-9-11-13-15-17-19-21-23-25-27-29-31-33-38(40)45-35-37(36-46-48(42,43)44)47-39(41)34-32-30-28-26-24-22-20-18-16-14-12-10-8-6-4-2/h21,23,37H,3-20,22,24-36H2,1-2H3,(H2,42,43,44)/b23-21+/t37-/m1/s1. The Labute approximate surface area is 295 Å². The van der Waals surface area contributed by atoms with Crippen molar-refractivity contribution in [2.24, 2.45) is 0 Å². The number of esters is 2. The van der Waals surface area contributed by atoms with Crippen molar-refractivity contribution in [2.45, 2.75) is 213 Å². The number of hydrogen-bond donors (Lipinski definition) is 2. The smallest absolute Gasteiger partial charge is 0.462 e. The van der Waals surface area contributed by atoms with E-state index >= 15 is 0 Å². The van der Waals surface area contributed by atoms with E-state index in [9.17, 15) is 14.2 Å². The molecule has 0 heterocycles. The Balaban J connectivity index is 3.93. The molecule has 0 bridgehead atoms. The van der Waals surface area contributed by atoms with Gasteiger partial charge >= 0.3 is 19.8 Å². The third kappa shape index (κ3) is 37.6. The van der Waals surface area contributed by atoms with Crippen LogP contribution < -0.4 is 0 Å². The first-order valence-corrected chi connectivity index (χ1v) is 21.5. The van der Waals surface area contributed by atoms with Gasteiger partial charge in [-0.25, -0.2) is 4.57 Å². The number of carbonyl (C=O) groups is 2. The van der Waals surface area contributed by atoms with Crippen molar-refractivity contribution in [1.82, 2.24) is 0 Å². The number of allylic oxidation sites excluding steroid dienone is 2. The van der Waals surface area contributed by atoms with E-state index < -0.39 is 32.5 Å². The van der Waals surface area contributed by atoms with E-state index in [1.807, 2.05) is 0 Å². The van der Waals surface area contributed by atoms with Crippen LogP contribution in [0.5, 0.6) is 0 Å². The van der Waals surface area contributed by atoms with Gasteiger partial charge in [0.15, 0.2) is 6.10 Å². The molecule has 8 nitrogen and oxygen atoms in total. The lowest BCUT2D eigenvalue weighted by atomic mass is 10.0. The van der Waals surface area contributed by atoms with Gasteiger partial charge in [-0.2, -0.15) is 0 Å². The van der Waals surface area contributed by atoms with E-state index in [1.54, 1.807) is 0 Å². The third-order valence-corrected chi connectivity index (χ3v) is 9.27. The fourth-order valence-corrected chi connectivity index (χ4v) is 6.14. The van der Waals surface area contributed by atoms with Crippen LogP contribution in [-0.4, -0.2) is 41.0 Å². The second-order valence-corrected chi connectivity index (χ2v) is 14.9. The summed E-state index contributed by atoms with van der Waals surface area (Å²) in [7, 11) is -4.75. The van der Waals surface area contributed by atoms with Gasteiger partial charge in [0.2, 0.25) is 0 Å². The molecule has 0 spiro atoms. The van der Waals surface area contributed by atoms with Crippen molar-refractivity contribution in [3.05, 3.63) is 12.2 Å². The molecular weight excluding hydrogens is 627 g/mol. The highest BCUT2D eigenvalue weighted by molar-refractivity contribution is 7.46. The zero-order valence-electron chi connectivity index (χ0n) is 31.2. The molecule has 1 atom stereocenters. The topological polar surface area (TPSA) is 119 Å². The summed E-state index contributed by atoms with van der Waals surface area (Å²) in [6.45, 7) is 3.68. The predicted molar refractivity (Wildman–Crippen MR) is 198 cm³/mol. The van der Waals surface area contributed by atoms with Crippen molar-refractivity contribution in [1.29, 1.82) is 0 Å². The summed E-state index contributed by atoms with van der Waals surface area (Å²) in [5.74, 6) is -0.893. The molecule has 2 N–H and O–H groups in total. The minimum absolute atomic E-state index is 0.214. The van der Waals surface area contributed by atoms with Gasteiger partial charge < -0.3 is 19.3 Å². The number of phosphoric ester groups is 1. The molecule has 284 valence electrons. The highest BCUT2D eigenvalue weighted by Gasteiger charge is 2.22. The number of rotatable bonds is 37. The lowest BCUT2D eigenvalue weighted by Crippen LogP contribution is -2.29. The molecule has 0 aromatic heterocycles. The van der Waals surface area contributed by atoms with Gasteiger partial charge in [0, 0.05) is 12.8 Å². The summed E-state index contributed by atoms with van der Waals surface area (Å²) in [5, 5.41) is 0. The molecule has 0 unspecified atom stereocenters. The maximum Gasteiger partial charge on any atom is 0.469 e. The molecule has 0 aliphatic rings. The number of unbranched alkanes of at least 4 members (excludes halogenated alkanes) is 25. The number of carbonyl (C=O) groups excluding carboxylic acids is 2. The van der Waals surface area contributed by atoms with E-state index in [-0.39, 0.29) is 19.4 Å². The SMILES string of the molecule is CCCCCCCCCC/C=C/CCCCCC(=O)OC[C@H](COP(=O)(O)O)OC(=O)CCCCCCCCCCCCCCCCC. The fraction of sp³-hybridized carbons (Fsp3) is 0.897. The van der Waals surface area contributed by atoms with Crippen molar-refractivity contribution in [2.75, 3.05) is 13.2 Å². The average Bonchev–Trinajstić information content (AvgIpc) is 3.05. The van der Waals surface area contributed by atoms with Gasteiger partial charge in [-0.3, -0.25) is 14.1 Å². The number of ether oxygens (including phenoxy) is 2. The van der Waals surface area contributed by atoms with Crippen molar-refractivity contribution in [3.8, 4) is 0 Å². The van der Waals surface area contributed by atoms with Crippen LogP contribution in [0.2, 0.25) is 0 Å². The molecule has 0 aliphatic carbocycles. The Morgan fingerprint density at radius 3 is 1.29 bits per heavy atom. The summed E-state index contributed by atoms with van der Waals surface area (Å²) in [5.41, 5.74) is 0. The van der Waals surface area contributed by atoms with E-state index in [2.05, 4.69) is 30.5 Å². The van der Waals surface area contributed by atoms with Gasteiger partial charge in [-0.1, -0.05) is 167 Å². The second-order valence-electron chi connectivity index (χ2n) is 13.6. The van der Waals surface area contributed by atoms with Crippen LogP contribution >= 0.6 is 7.82 Å². The Morgan fingerprint density at radius 1 is 0.521 bits per heavy atom. The number of phosphoric acid groups is 1. The lowest BCUT2D eigenvalue weighted by molar-refractivity contribution is -0.161. The summed E-state index contributed by atoms with van der Waals surface area (Å²) < 4.78 is 26.3. The summed E-state index contributed by atoms with van der Waals surface area (Å²) in [6, 6.07) is 0. The van der Waals surface area contributed by atoms with Crippen molar-refractivity contribution in [3.63, 3.8) is 0 Å². The first kappa shape index (κ1) is 46.8. The highest BCUT2D eigenvalue weighted by atomic mass is 31.2. The maximum absolute atomic E-state index is 12.4. The van der Waals surface area contributed by atoms with Gasteiger partial charge in [-0.05, 0) is 38.5 Å². The van der Waals surface area contributed by atoms with Gasteiger partial charge in [0.05, 0.1) is 6.61 Å². The van der Waals surface area contributed by atoms with Gasteiger partial charge in [-0.15, -0.1) is 0 Å². The third-order valence-electron chi connectivity index (χ3n) is 8.78. The van der Waals surface area contributed by atoms with Gasteiger partial charge in [0.1, 0.15) is 6.61 Å². The predicted octanol–water partition coefficient (Wildman–Crippen LogP) is 11.8. The normalized spacial score (nSPS) is 12.5. The summed E-state index contributed by atoms with van der Waals surface area (Å²) in [4.78, 5) is 42.7. The molecule has 48 heavy (non-hydrogen) atoms. The molecule has 0 fully saturated rings. The second kappa shape index (κ2) is 35.6. The van der Waals surface area contributed by atoms with Crippen molar-refractivity contribution >= 4 is 19.8 Å². The maximum atomic E-state index is 12.4. The molecule has 0 radical (unpaired) electrons. The van der Waals surface area contributed by atoms with Crippen LogP contribution in [-0.2, 0) is 28.2 Å². The van der Waals surface area contributed by atoms with Crippen LogP contribution in [0, 0.1) is 0 Å². The van der Waals surface area contributed by atoms with Crippen LogP contribution in [0.15, 0.2) is 12.2 Å². The Bertz CT molecular complexity index is 797. The van der Waals surface area contributed by atoms with E-state index in [0.29, 0.717) is 12.8 Å². The zero-order chi connectivity index (χ0) is 35.4. The molecule has 0 aliphatic heterocycles. The monoisotopic (exact) mass is 703 g/mol. The average molecular weight is 703 g/mol. The van der Waals surface area contributed by atoms with Crippen LogP contribution in [0.3, 0.4) is 0 Å². The number of hydrogen-bond acceptors (Lipinski definition) is 6. The Hall–Kier alpha value is -1.21. The highest BCUT2D eigenvalue weighted by Crippen LogP contribution is 2.36. The minimum Gasteiger partial charge on any atom is -0.462 e. The first-order chi connectivity index (χ1) is 23.3. The van der Waals surface area contributed by atoms with E-state index in [1.165, 1.54) is 122 Å². The van der Waals surface area contributed by atoms with Gasteiger partial charge in [0.25, 0.3) is 0 Å². The molecular formula is C39H75O8P. The van der Waals surface area contributed by atoms with Crippen LogP contribution in [0.25, 0.3) is 0 Å². The molecule has 0 aromatic rings. The van der Waals surface area contributed by atoms with Crippen LogP contribution in [0.4, 0.5) is 0 Å². The Kier molecular flexibility index (Phi) is 34.7. The molecule has 9 heteroatoms. The molecule has 0 amide bonds. The first-order valence-electron chi connectivity index (χ1n) is 20.0. The summed E-state index contributed by atoms with van der Waals surface area (Å²) >= 11 is 0. The Morgan fingerprint density at radius 2 is 0.875 bits per heavy atom. The molecule has 0 saturated carbocycles. The fourth-order valence-electron chi connectivity index (χ4n) is 5.78. The zero-order valence-corrected chi connectivity index (χ0v) is 32.0. The van der Waals surface area contributed by atoms with Crippen molar-refractivity contribution < 1.29 is 37.9 Å². The van der Waals surface area contributed by atoms with E-state index in [0.717, 1.165) is 44.9 Å². The molecule has 0 rings (SSSR count). The molecule has 0 aromatic carbocycles. The van der Waals surface area contributed by atoms with E-state index in [4.69, 9.17) is 19.3 Å². The molecule has 0 saturated heterocycles. The largest absolute Gasteiger partial charge is 0.469 e. The quantitative estimate of drug-likeness (QED) is 0.0284. The minimum atomic E-state index is -4.75. The summed E-state index contributed by atoms with van der Waals surface area (Å²) in [6.07, 6.45) is 37.9.